The third-order valence-corrected chi connectivity index (χ3v) is 7.00. The Morgan fingerprint density at radius 3 is 2.23 bits per heavy atom. The van der Waals surface area contributed by atoms with E-state index in [4.69, 9.17) is 4.74 Å². The van der Waals surface area contributed by atoms with Crippen LogP contribution in [0.3, 0.4) is 0 Å². The van der Waals surface area contributed by atoms with Gasteiger partial charge in [0.25, 0.3) is 5.91 Å². The molecule has 0 aliphatic rings. The zero-order valence-corrected chi connectivity index (χ0v) is 23.8. The molecule has 0 bridgehead atoms. The molecule has 2 N–H and O–H groups in total. The highest BCUT2D eigenvalue weighted by molar-refractivity contribution is 9.10. The summed E-state index contributed by atoms with van der Waals surface area (Å²) in [5.41, 5.74) is 3.68. The van der Waals surface area contributed by atoms with Gasteiger partial charge in [-0.2, -0.15) is 0 Å². The Morgan fingerprint density at radius 1 is 0.900 bits per heavy atom. The fourth-order valence-electron chi connectivity index (χ4n) is 4.51. The molecule has 4 aromatic carbocycles. The van der Waals surface area contributed by atoms with Gasteiger partial charge in [0.15, 0.2) is 0 Å². The first kappa shape index (κ1) is 28.8. The van der Waals surface area contributed by atoms with Crippen molar-refractivity contribution in [2.75, 3.05) is 18.0 Å². The van der Waals surface area contributed by atoms with Gasteiger partial charge in [-0.15, -0.1) is 0 Å². The van der Waals surface area contributed by atoms with E-state index in [0.29, 0.717) is 22.6 Å². The third kappa shape index (κ3) is 7.27. The van der Waals surface area contributed by atoms with E-state index in [2.05, 4.69) is 26.1 Å². The minimum absolute atomic E-state index is 0.267. The molecule has 0 aliphatic heterocycles. The molecule has 8 heteroatoms. The van der Waals surface area contributed by atoms with Crippen LogP contribution < -0.4 is 15.0 Å². The molecule has 0 aromatic heterocycles. The van der Waals surface area contributed by atoms with Gasteiger partial charge in [-0.1, -0.05) is 58.4 Å². The van der Waals surface area contributed by atoms with Crippen LogP contribution in [0.2, 0.25) is 0 Å². The maximum atomic E-state index is 13.5. The van der Waals surface area contributed by atoms with Gasteiger partial charge in [0, 0.05) is 29.3 Å². The van der Waals surface area contributed by atoms with Crippen LogP contribution in [-0.4, -0.2) is 30.1 Å². The molecule has 0 radical (unpaired) electrons. The lowest BCUT2D eigenvalue weighted by atomic mass is 9.98. The second-order valence-electron chi connectivity index (χ2n) is 9.17. The molecule has 0 saturated carbocycles. The van der Waals surface area contributed by atoms with Crippen LogP contribution >= 0.6 is 15.9 Å². The maximum absolute atomic E-state index is 13.5. The van der Waals surface area contributed by atoms with Gasteiger partial charge in [0.05, 0.1) is 18.0 Å². The second-order valence-corrected chi connectivity index (χ2v) is 10.1. The number of anilines is 1. The summed E-state index contributed by atoms with van der Waals surface area (Å²) in [5, 5.41) is 12.5. The van der Waals surface area contributed by atoms with E-state index in [1.54, 1.807) is 24.3 Å². The Balaban J connectivity index is 1.56. The molecule has 4 rings (SSSR count). The van der Waals surface area contributed by atoms with E-state index in [-0.39, 0.29) is 18.1 Å². The molecule has 206 valence electrons. The highest BCUT2D eigenvalue weighted by atomic mass is 79.9. The SMILES string of the molecule is CCN(CC)c1ccc(Br)cc1C(=O)NC(CC(=O)O)c1ccc(-c2cccc(Oc3cccc(F)c3)c2)cc1. The van der Waals surface area contributed by atoms with Gasteiger partial charge < -0.3 is 20.1 Å². The first-order chi connectivity index (χ1) is 19.3. The molecule has 1 unspecified atom stereocenters. The van der Waals surface area contributed by atoms with Crippen molar-refractivity contribution in [2.45, 2.75) is 26.3 Å². The number of rotatable bonds is 11. The van der Waals surface area contributed by atoms with E-state index >= 15 is 0 Å². The number of nitrogens with one attached hydrogen (secondary N) is 1. The number of nitrogens with zero attached hydrogens (tertiary/aromatic N) is 1. The third-order valence-electron chi connectivity index (χ3n) is 6.50. The topological polar surface area (TPSA) is 78.9 Å². The smallest absolute Gasteiger partial charge is 0.305 e. The molecule has 6 nitrogen and oxygen atoms in total. The van der Waals surface area contributed by atoms with Gasteiger partial charge >= 0.3 is 5.97 Å². The average Bonchev–Trinajstić information content (AvgIpc) is 2.94. The summed E-state index contributed by atoms with van der Waals surface area (Å²) < 4.78 is 20.1. The Morgan fingerprint density at radius 2 is 1.57 bits per heavy atom. The minimum Gasteiger partial charge on any atom is -0.481 e. The Kier molecular flexibility index (Phi) is 9.56. The maximum Gasteiger partial charge on any atom is 0.305 e. The standard InChI is InChI=1S/C32H30BrFN2O4/c1-3-36(4-2)30-16-15-24(33)18-28(30)32(39)35-29(20-31(37)38)22-13-11-21(12-14-22)23-7-5-9-26(17-23)40-27-10-6-8-25(34)19-27/h5-19,29H,3-4,20H2,1-2H3,(H,35,39)(H,37,38). The van der Waals surface area contributed by atoms with Gasteiger partial charge in [-0.3, -0.25) is 9.59 Å². The van der Waals surface area contributed by atoms with Gasteiger partial charge in [0.2, 0.25) is 0 Å². The lowest BCUT2D eigenvalue weighted by Gasteiger charge is -2.25. The van der Waals surface area contributed by atoms with Gasteiger partial charge in [0.1, 0.15) is 17.3 Å². The fraction of sp³-hybridized carbons (Fsp3) is 0.188. The highest BCUT2D eigenvalue weighted by Crippen LogP contribution is 2.30. The molecule has 0 saturated heterocycles. The van der Waals surface area contributed by atoms with Crippen LogP contribution in [0.5, 0.6) is 11.5 Å². The van der Waals surface area contributed by atoms with Crippen molar-refractivity contribution in [3.8, 4) is 22.6 Å². The van der Waals surface area contributed by atoms with Crippen LogP contribution in [-0.2, 0) is 4.79 Å². The van der Waals surface area contributed by atoms with Gasteiger partial charge in [-0.05, 0) is 73.0 Å². The van der Waals surface area contributed by atoms with E-state index in [1.165, 1.54) is 12.1 Å². The predicted molar refractivity (Wildman–Crippen MR) is 159 cm³/mol. The van der Waals surface area contributed by atoms with Crippen LogP contribution in [0, 0.1) is 5.82 Å². The van der Waals surface area contributed by atoms with Crippen molar-refractivity contribution >= 4 is 33.5 Å². The second kappa shape index (κ2) is 13.3. The van der Waals surface area contributed by atoms with Crippen molar-refractivity contribution < 1.29 is 23.8 Å². The van der Waals surface area contributed by atoms with Crippen molar-refractivity contribution in [2.24, 2.45) is 0 Å². The van der Waals surface area contributed by atoms with Crippen molar-refractivity contribution in [3.63, 3.8) is 0 Å². The fourth-order valence-corrected chi connectivity index (χ4v) is 4.87. The van der Waals surface area contributed by atoms with Crippen molar-refractivity contribution in [3.05, 3.63) is 112 Å². The number of halogens is 2. The highest BCUT2D eigenvalue weighted by Gasteiger charge is 2.22. The number of carboxylic acids is 1. The van der Waals surface area contributed by atoms with Crippen LogP contribution in [0.1, 0.15) is 42.2 Å². The Labute approximate surface area is 241 Å². The molecular weight excluding hydrogens is 575 g/mol. The summed E-state index contributed by atoms with van der Waals surface area (Å²) in [4.78, 5) is 27.2. The lowest BCUT2D eigenvalue weighted by molar-refractivity contribution is -0.137. The number of amides is 1. The van der Waals surface area contributed by atoms with Crippen LogP contribution in [0.15, 0.2) is 95.5 Å². The molecule has 0 fully saturated rings. The number of aliphatic carboxylic acids is 1. The number of hydrogen-bond donors (Lipinski definition) is 2. The van der Waals surface area contributed by atoms with E-state index in [9.17, 15) is 19.1 Å². The largest absolute Gasteiger partial charge is 0.481 e. The number of ether oxygens (including phenoxy) is 1. The average molecular weight is 606 g/mol. The van der Waals surface area contributed by atoms with Crippen LogP contribution in [0.25, 0.3) is 11.1 Å². The summed E-state index contributed by atoms with van der Waals surface area (Å²) in [6, 6.07) is 25.5. The number of carbonyl (C=O) groups excluding carboxylic acids is 1. The van der Waals surface area contributed by atoms with Crippen LogP contribution in [0.4, 0.5) is 10.1 Å². The molecule has 0 aliphatic carbocycles. The van der Waals surface area contributed by atoms with Crippen molar-refractivity contribution in [1.29, 1.82) is 0 Å². The van der Waals surface area contributed by atoms with Gasteiger partial charge in [-0.25, -0.2) is 4.39 Å². The summed E-state index contributed by atoms with van der Waals surface area (Å²) in [5.74, 6) is -0.789. The molecular formula is C32H30BrFN2O4. The lowest BCUT2D eigenvalue weighted by Crippen LogP contribution is -2.32. The first-order valence-corrected chi connectivity index (χ1v) is 13.8. The van der Waals surface area contributed by atoms with Crippen molar-refractivity contribution in [1.82, 2.24) is 5.32 Å². The summed E-state index contributed by atoms with van der Waals surface area (Å²) in [6.45, 7) is 5.50. The first-order valence-electron chi connectivity index (χ1n) is 13.0. The zero-order chi connectivity index (χ0) is 28.6. The summed E-state index contributed by atoms with van der Waals surface area (Å²) >= 11 is 3.45. The quantitative estimate of drug-likeness (QED) is 0.182. The number of carboxylic acid groups (broad SMARTS) is 1. The molecule has 40 heavy (non-hydrogen) atoms. The normalized spacial score (nSPS) is 11.5. The molecule has 4 aromatic rings. The Bertz CT molecular complexity index is 1490. The summed E-state index contributed by atoms with van der Waals surface area (Å²) in [6.07, 6.45) is -0.267. The molecule has 1 amide bonds. The van der Waals surface area contributed by atoms with E-state index in [1.807, 2.05) is 68.4 Å². The number of benzene rings is 4. The number of carbonyl (C=O) groups is 2. The minimum atomic E-state index is -1.02. The van der Waals surface area contributed by atoms with E-state index < -0.39 is 12.0 Å². The molecule has 0 spiro atoms. The summed E-state index contributed by atoms with van der Waals surface area (Å²) in [7, 11) is 0. The molecule has 1 atom stereocenters. The Hall–Kier alpha value is -4.17. The van der Waals surface area contributed by atoms with E-state index in [0.717, 1.165) is 34.4 Å². The molecule has 0 heterocycles. The monoisotopic (exact) mass is 604 g/mol. The zero-order valence-electron chi connectivity index (χ0n) is 22.2. The number of hydrogen-bond acceptors (Lipinski definition) is 4. The predicted octanol–water partition coefficient (Wildman–Crippen LogP) is 7.84.